The summed E-state index contributed by atoms with van der Waals surface area (Å²) in [5.41, 5.74) is 0. The van der Waals surface area contributed by atoms with Crippen LogP contribution in [0.1, 0.15) is 32.6 Å². The van der Waals surface area contributed by atoms with E-state index in [9.17, 15) is 4.79 Å². The van der Waals surface area contributed by atoms with Crippen molar-refractivity contribution in [2.75, 3.05) is 39.3 Å². The average molecular weight is 239 g/mol. The molecule has 17 heavy (non-hydrogen) atoms. The van der Waals surface area contributed by atoms with Crippen molar-refractivity contribution < 1.29 is 4.79 Å². The summed E-state index contributed by atoms with van der Waals surface area (Å²) < 4.78 is 0. The highest BCUT2D eigenvalue weighted by Crippen LogP contribution is 2.16. The highest BCUT2D eigenvalue weighted by Gasteiger charge is 2.23. The Morgan fingerprint density at radius 1 is 1.18 bits per heavy atom. The molecule has 0 aromatic carbocycles. The number of carbonyl (C=O) groups is 1. The fourth-order valence-corrected chi connectivity index (χ4v) is 2.76. The van der Waals surface area contributed by atoms with Crippen molar-refractivity contribution in [2.45, 2.75) is 38.6 Å². The molecule has 98 valence electrons. The molecule has 2 saturated heterocycles. The fraction of sp³-hybridized carbons (Fsp3) is 0.923. The van der Waals surface area contributed by atoms with Gasteiger partial charge in [-0.2, -0.15) is 0 Å². The van der Waals surface area contributed by atoms with Crippen LogP contribution in [0.3, 0.4) is 0 Å². The lowest BCUT2D eigenvalue weighted by Crippen LogP contribution is -2.46. The number of rotatable bonds is 2. The summed E-state index contributed by atoms with van der Waals surface area (Å²) in [6.07, 6.45) is 4.90. The smallest absolute Gasteiger partial charge is 0.236 e. The molecule has 1 atom stereocenters. The minimum absolute atomic E-state index is 0.322. The van der Waals surface area contributed by atoms with Crippen LogP contribution in [0, 0.1) is 0 Å². The number of likely N-dealkylation sites (tertiary alicyclic amines) is 1. The molecule has 2 aliphatic heterocycles. The Bertz CT molecular complexity index is 249. The Labute approximate surface area is 104 Å². The molecule has 0 bridgehead atoms. The van der Waals surface area contributed by atoms with Crippen molar-refractivity contribution in [1.82, 2.24) is 15.1 Å². The normalized spacial score (nSPS) is 27.8. The molecule has 4 nitrogen and oxygen atoms in total. The van der Waals surface area contributed by atoms with E-state index in [4.69, 9.17) is 0 Å². The maximum Gasteiger partial charge on any atom is 0.236 e. The van der Waals surface area contributed by atoms with Gasteiger partial charge in [-0.05, 0) is 39.3 Å². The van der Waals surface area contributed by atoms with E-state index in [1.165, 1.54) is 19.3 Å². The SMILES string of the molecule is CC1CCCCN1CC(=O)N1CCCNCC1. The number of piperidine rings is 1. The molecule has 2 heterocycles. The lowest BCUT2D eigenvalue weighted by atomic mass is 10.0. The van der Waals surface area contributed by atoms with Crippen LogP contribution in [0.25, 0.3) is 0 Å². The van der Waals surface area contributed by atoms with Crippen LogP contribution in [-0.4, -0.2) is 61.0 Å². The van der Waals surface area contributed by atoms with Gasteiger partial charge in [0.25, 0.3) is 0 Å². The van der Waals surface area contributed by atoms with E-state index in [0.717, 1.165) is 39.1 Å². The van der Waals surface area contributed by atoms with Crippen LogP contribution in [0.5, 0.6) is 0 Å². The molecule has 0 spiro atoms. The van der Waals surface area contributed by atoms with Gasteiger partial charge in [0.15, 0.2) is 0 Å². The first-order valence-electron chi connectivity index (χ1n) is 7.00. The van der Waals surface area contributed by atoms with Gasteiger partial charge >= 0.3 is 0 Å². The summed E-state index contributed by atoms with van der Waals surface area (Å²) >= 11 is 0. The fourth-order valence-electron chi connectivity index (χ4n) is 2.76. The molecular formula is C13H25N3O. The van der Waals surface area contributed by atoms with Gasteiger partial charge < -0.3 is 10.2 Å². The van der Waals surface area contributed by atoms with Crippen LogP contribution >= 0.6 is 0 Å². The van der Waals surface area contributed by atoms with Gasteiger partial charge in [0.1, 0.15) is 0 Å². The second-order valence-electron chi connectivity index (χ2n) is 5.30. The van der Waals surface area contributed by atoms with Gasteiger partial charge in [-0.25, -0.2) is 0 Å². The van der Waals surface area contributed by atoms with E-state index < -0.39 is 0 Å². The highest BCUT2D eigenvalue weighted by atomic mass is 16.2. The number of nitrogens with zero attached hydrogens (tertiary/aromatic N) is 2. The molecule has 0 aromatic rings. The second kappa shape index (κ2) is 6.36. The first-order chi connectivity index (χ1) is 8.27. The number of hydrogen-bond acceptors (Lipinski definition) is 3. The lowest BCUT2D eigenvalue weighted by Gasteiger charge is -2.34. The number of hydrogen-bond donors (Lipinski definition) is 1. The third-order valence-corrected chi connectivity index (χ3v) is 3.97. The number of carbonyl (C=O) groups excluding carboxylic acids is 1. The minimum atomic E-state index is 0.322. The minimum Gasteiger partial charge on any atom is -0.340 e. The van der Waals surface area contributed by atoms with Crippen LogP contribution < -0.4 is 5.32 Å². The zero-order valence-corrected chi connectivity index (χ0v) is 11.0. The maximum atomic E-state index is 12.2. The van der Waals surface area contributed by atoms with E-state index in [0.29, 0.717) is 18.5 Å². The first-order valence-corrected chi connectivity index (χ1v) is 7.00. The van der Waals surface area contributed by atoms with E-state index in [-0.39, 0.29) is 0 Å². The van der Waals surface area contributed by atoms with Crippen molar-refractivity contribution in [3.05, 3.63) is 0 Å². The molecule has 2 rings (SSSR count). The highest BCUT2D eigenvalue weighted by molar-refractivity contribution is 5.78. The third-order valence-electron chi connectivity index (χ3n) is 3.97. The molecule has 2 aliphatic rings. The summed E-state index contributed by atoms with van der Waals surface area (Å²) in [6, 6.07) is 0.581. The van der Waals surface area contributed by atoms with Crippen molar-refractivity contribution in [2.24, 2.45) is 0 Å². The zero-order valence-electron chi connectivity index (χ0n) is 11.0. The van der Waals surface area contributed by atoms with Gasteiger partial charge in [0.2, 0.25) is 5.91 Å². The zero-order chi connectivity index (χ0) is 12.1. The molecule has 4 heteroatoms. The summed E-state index contributed by atoms with van der Waals surface area (Å²) in [6.45, 7) is 7.76. The Hall–Kier alpha value is -0.610. The molecule has 1 N–H and O–H groups in total. The van der Waals surface area contributed by atoms with Crippen LogP contribution in [0.15, 0.2) is 0 Å². The monoisotopic (exact) mass is 239 g/mol. The topological polar surface area (TPSA) is 35.6 Å². The molecule has 1 amide bonds. The van der Waals surface area contributed by atoms with E-state index in [1.807, 2.05) is 4.90 Å². The van der Waals surface area contributed by atoms with Gasteiger partial charge in [-0.3, -0.25) is 9.69 Å². The Kier molecular flexibility index (Phi) is 4.80. The molecule has 0 aromatic heterocycles. The summed E-state index contributed by atoms with van der Waals surface area (Å²) in [5, 5.41) is 3.34. The average Bonchev–Trinajstić information content (AvgIpc) is 2.61. The van der Waals surface area contributed by atoms with Crippen LogP contribution in [-0.2, 0) is 4.79 Å². The Morgan fingerprint density at radius 3 is 2.88 bits per heavy atom. The molecule has 0 saturated carbocycles. The standard InChI is InChI=1S/C13H25N3O/c1-12-5-2-3-8-16(12)11-13(17)15-9-4-6-14-7-10-15/h12,14H,2-11H2,1H3. The second-order valence-corrected chi connectivity index (χ2v) is 5.30. The summed E-state index contributed by atoms with van der Waals surface area (Å²) in [7, 11) is 0. The van der Waals surface area contributed by atoms with E-state index in [1.54, 1.807) is 0 Å². The maximum absolute atomic E-state index is 12.2. The van der Waals surface area contributed by atoms with Crippen molar-refractivity contribution in [1.29, 1.82) is 0 Å². The Balaban J connectivity index is 1.82. The van der Waals surface area contributed by atoms with Crippen molar-refractivity contribution in [3.63, 3.8) is 0 Å². The van der Waals surface area contributed by atoms with Crippen LogP contribution in [0.2, 0.25) is 0 Å². The molecule has 0 aliphatic carbocycles. The van der Waals surface area contributed by atoms with Crippen molar-refractivity contribution >= 4 is 5.91 Å². The van der Waals surface area contributed by atoms with Crippen LogP contribution in [0.4, 0.5) is 0 Å². The largest absolute Gasteiger partial charge is 0.340 e. The molecule has 0 radical (unpaired) electrons. The Morgan fingerprint density at radius 2 is 2.06 bits per heavy atom. The molecule has 1 unspecified atom stereocenters. The molecule has 2 fully saturated rings. The van der Waals surface area contributed by atoms with Gasteiger partial charge in [-0.15, -0.1) is 0 Å². The van der Waals surface area contributed by atoms with E-state index >= 15 is 0 Å². The van der Waals surface area contributed by atoms with E-state index in [2.05, 4.69) is 17.1 Å². The first kappa shape index (κ1) is 12.8. The van der Waals surface area contributed by atoms with Crippen molar-refractivity contribution in [3.8, 4) is 0 Å². The van der Waals surface area contributed by atoms with Gasteiger partial charge in [0, 0.05) is 25.7 Å². The molecular weight excluding hydrogens is 214 g/mol. The van der Waals surface area contributed by atoms with Gasteiger partial charge in [0.05, 0.1) is 6.54 Å². The summed E-state index contributed by atoms with van der Waals surface area (Å²) in [5.74, 6) is 0.322. The van der Waals surface area contributed by atoms with Gasteiger partial charge in [-0.1, -0.05) is 6.42 Å². The number of amides is 1. The number of nitrogens with one attached hydrogen (secondary N) is 1. The predicted octanol–water partition coefficient (Wildman–Crippen LogP) is 0.683. The summed E-state index contributed by atoms with van der Waals surface area (Å²) in [4.78, 5) is 16.6. The third kappa shape index (κ3) is 3.68. The lowest BCUT2D eigenvalue weighted by molar-refractivity contribution is -0.133. The quantitative estimate of drug-likeness (QED) is 0.770. The predicted molar refractivity (Wildman–Crippen MR) is 69.0 cm³/mol.